The third-order valence-electron chi connectivity index (χ3n) is 11.4. The van der Waals surface area contributed by atoms with Gasteiger partial charge in [0.2, 0.25) is 11.8 Å². The lowest BCUT2D eigenvalue weighted by Gasteiger charge is -2.39. The largest absolute Gasteiger partial charge is 0.379 e. The number of ether oxygens (including phenoxy) is 2. The van der Waals surface area contributed by atoms with Gasteiger partial charge in [0.15, 0.2) is 5.69 Å². The zero-order valence-electron chi connectivity index (χ0n) is 35.1. The summed E-state index contributed by atoms with van der Waals surface area (Å²) < 4.78 is 11.2. The third-order valence-corrected chi connectivity index (χ3v) is 11.7. The van der Waals surface area contributed by atoms with Crippen LogP contribution in [0.3, 0.4) is 0 Å². The molecule has 328 valence electrons. The number of piperidine rings is 1. The van der Waals surface area contributed by atoms with Crippen molar-refractivity contribution < 1.29 is 23.9 Å². The number of hydrogen-bond acceptors (Lipinski definition) is 12. The summed E-state index contributed by atoms with van der Waals surface area (Å²) in [6.07, 6.45) is 7.49. The van der Waals surface area contributed by atoms with E-state index in [4.69, 9.17) is 26.8 Å². The quantitative estimate of drug-likeness (QED) is 0.0650. The second-order valence-electron chi connectivity index (χ2n) is 15.7. The maximum Gasteiger partial charge on any atom is 0.272 e. The van der Waals surface area contributed by atoms with Gasteiger partial charge in [0.25, 0.3) is 5.91 Å². The number of carbonyl (C=O) groups excluding carboxylic acids is 3. The second-order valence-corrected chi connectivity index (χ2v) is 16.1. The van der Waals surface area contributed by atoms with E-state index in [1.54, 1.807) is 18.6 Å². The number of fused-ring (bicyclic) bond motifs is 1. The smallest absolute Gasteiger partial charge is 0.272 e. The molecule has 2 aromatic carbocycles. The fourth-order valence-corrected chi connectivity index (χ4v) is 7.86. The first kappa shape index (κ1) is 44.6. The second kappa shape index (κ2) is 21.5. The van der Waals surface area contributed by atoms with Crippen LogP contribution in [-0.2, 0) is 25.5 Å². The van der Waals surface area contributed by atoms with Crippen LogP contribution in [0.15, 0.2) is 79.4 Å². The van der Waals surface area contributed by atoms with Gasteiger partial charge in [-0.2, -0.15) is 0 Å². The Labute approximate surface area is 366 Å². The molecule has 0 radical (unpaired) electrons. The van der Waals surface area contributed by atoms with E-state index in [9.17, 15) is 14.4 Å². The number of aromatic nitrogens is 4. The van der Waals surface area contributed by atoms with Crippen LogP contribution >= 0.6 is 11.6 Å². The zero-order chi connectivity index (χ0) is 43.3. The van der Waals surface area contributed by atoms with Gasteiger partial charge in [-0.05, 0) is 73.2 Å². The summed E-state index contributed by atoms with van der Waals surface area (Å²) in [7, 11) is 0. The number of amides is 3. The highest BCUT2D eigenvalue weighted by atomic mass is 35.5. The molecule has 3 aromatic heterocycles. The fourth-order valence-electron chi connectivity index (χ4n) is 7.73. The highest BCUT2D eigenvalue weighted by Gasteiger charge is 2.39. The van der Waals surface area contributed by atoms with E-state index in [2.05, 4.69) is 65.2 Å². The van der Waals surface area contributed by atoms with E-state index in [0.717, 1.165) is 40.0 Å². The van der Waals surface area contributed by atoms with Crippen molar-refractivity contribution in [3.05, 3.63) is 101 Å². The van der Waals surface area contributed by atoms with Crippen molar-refractivity contribution in [2.45, 2.75) is 44.2 Å². The Morgan fingerprint density at radius 1 is 0.952 bits per heavy atom. The molecule has 2 aliphatic heterocycles. The predicted molar refractivity (Wildman–Crippen MR) is 240 cm³/mol. The standard InChI is InChI=1S/C45H56ClN11O5/c1-2-31-4-3-5-33(26-31)34-27-38(54-39(58)29-56-20-24-62-25-21-56)40(51-28-34)43(59)50-17-23-61-22-16-48-14-11-37(32-6-8-35(46)9-7-32)55-44(60)45(47)12-18-57(19-13-45)42-36-10-15-49-41(36)52-30-53-42/h3-10,15,26-28,30,37,48H,2,11-14,16-25,29,47H2,1H3,(H,50,59)(H,54,58)(H,55,60)(H,49,52,53)/t37-/m0/s1. The Morgan fingerprint density at radius 2 is 1.74 bits per heavy atom. The normalized spacial score (nSPS) is 15.9. The Hall–Kier alpha value is -5.49. The first-order valence-corrected chi connectivity index (χ1v) is 21.7. The maximum atomic E-state index is 13.8. The molecule has 5 aromatic rings. The molecule has 0 aliphatic carbocycles. The van der Waals surface area contributed by atoms with Crippen LogP contribution in [0.25, 0.3) is 22.2 Å². The average molecular weight is 866 g/mol. The summed E-state index contributed by atoms with van der Waals surface area (Å²) in [6.45, 7) is 8.05. The van der Waals surface area contributed by atoms with Crippen LogP contribution in [0.2, 0.25) is 5.02 Å². The monoisotopic (exact) mass is 865 g/mol. The number of benzene rings is 2. The number of aryl methyl sites for hydroxylation is 1. The number of rotatable bonds is 19. The van der Waals surface area contributed by atoms with Crippen LogP contribution < -0.4 is 31.9 Å². The van der Waals surface area contributed by atoms with Crippen LogP contribution in [0.4, 0.5) is 11.5 Å². The van der Waals surface area contributed by atoms with Crippen molar-refractivity contribution in [1.82, 2.24) is 40.8 Å². The van der Waals surface area contributed by atoms with Gasteiger partial charge in [-0.1, -0.05) is 54.9 Å². The number of anilines is 2. The molecule has 2 fully saturated rings. The summed E-state index contributed by atoms with van der Waals surface area (Å²) in [6, 6.07) is 19.1. The number of pyridine rings is 1. The Bertz CT molecular complexity index is 2280. The highest BCUT2D eigenvalue weighted by molar-refractivity contribution is 6.30. The van der Waals surface area contributed by atoms with Crippen molar-refractivity contribution in [2.75, 3.05) is 89.0 Å². The van der Waals surface area contributed by atoms with Gasteiger partial charge in [0.05, 0.1) is 55.6 Å². The zero-order valence-corrected chi connectivity index (χ0v) is 35.9. The fraction of sp³-hybridized carbons (Fsp3) is 0.422. The molecule has 7 rings (SSSR count). The van der Waals surface area contributed by atoms with Gasteiger partial charge in [-0.3, -0.25) is 19.3 Å². The number of H-pyrrole nitrogens is 1. The van der Waals surface area contributed by atoms with Gasteiger partial charge < -0.3 is 46.4 Å². The van der Waals surface area contributed by atoms with Crippen LogP contribution in [0.5, 0.6) is 0 Å². The van der Waals surface area contributed by atoms with Crippen molar-refractivity contribution in [2.24, 2.45) is 5.73 Å². The van der Waals surface area contributed by atoms with E-state index in [1.165, 1.54) is 5.56 Å². The van der Waals surface area contributed by atoms with Gasteiger partial charge in [-0.15, -0.1) is 0 Å². The topological polar surface area (TPSA) is 205 Å². The molecule has 17 heteroatoms. The number of carbonyl (C=O) groups is 3. The Kier molecular flexibility index (Phi) is 15.5. The first-order valence-electron chi connectivity index (χ1n) is 21.3. The number of morpholine rings is 1. The van der Waals surface area contributed by atoms with E-state index < -0.39 is 11.4 Å². The molecule has 3 amide bonds. The molecule has 0 spiro atoms. The van der Waals surface area contributed by atoms with Gasteiger partial charge in [0, 0.05) is 62.2 Å². The molecule has 5 heterocycles. The van der Waals surface area contributed by atoms with Crippen LogP contribution in [0, 0.1) is 0 Å². The summed E-state index contributed by atoms with van der Waals surface area (Å²) >= 11 is 6.20. The molecule has 0 unspecified atom stereocenters. The number of halogens is 1. The van der Waals surface area contributed by atoms with E-state index in [0.29, 0.717) is 89.1 Å². The third kappa shape index (κ3) is 11.7. The predicted octanol–water partition coefficient (Wildman–Crippen LogP) is 4.09. The van der Waals surface area contributed by atoms with Gasteiger partial charge in [-0.25, -0.2) is 15.0 Å². The summed E-state index contributed by atoms with van der Waals surface area (Å²) in [5, 5.41) is 14.0. The lowest BCUT2D eigenvalue weighted by Crippen LogP contribution is -2.60. The number of nitrogens with two attached hydrogens (primary N) is 1. The minimum absolute atomic E-state index is 0.131. The molecular weight excluding hydrogens is 810 g/mol. The van der Waals surface area contributed by atoms with Crippen molar-refractivity contribution in [1.29, 1.82) is 0 Å². The maximum absolute atomic E-state index is 13.8. The molecule has 2 aliphatic rings. The van der Waals surface area contributed by atoms with Crippen molar-refractivity contribution in [3.63, 3.8) is 0 Å². The van der Waals surface area contributed by atoms with E-state index in [1.807, 2.05) is 53.6 Å². The minimum Gasteiger partial charge on any atom is -0.379 e. The number of aromatic amines is 1. The lowest BCUT2D eigenvalue weighted by molar-refractivity contribution is -0.128. The lowest BCUT2D eigenvalue weighted by atomic mass is 9.87. The van der Waals surface area contributed by atoms with Crippen LogP contribution in [-0.4, -0.2) is 127 Å². The van der Waals surface area contributed by atoms with Crippen molar-refractivity contribution in [3.8, 4) is 11.1 Å². The summed E-state index contributed by atoms with van der Waals surface area (Å²) in [5.41, 5.74) is 10.9. The SMILES string of the molecule is CCc1cccc(-c2cnc(C(=O)NCCOCCNCC[C@H](NC(=O)C3(N)CCN(c4ncnc5[nH]ccc45)CC3)c3ccc(Cl)cc3)c(NC(=O)CN3CCOCC3)c2)c1. The molecule has 0 saturated carbocycles. The molecular formula is C45H56ClN11O5. The molecule has 1 atom stereocenters. The number of nitrogens with zero attached hydrogens (tertiary/aromatic N) is 5. The molecule has 2 saturated heterocycles. The van der Waals surface area contributed by atoms with E-state index >= 15 is 0 Å². The molecule has 16 nitrogen and oxygen atoms in total. The minimum atomic E-state index is -1.03. The Morgan fingerprint density at radius 3 is 2.53 bits per heavy atom. The molecule has 7 N–H and O–H groups in total. The average Bonchev–Trinajstić information content (AvgIpc) is 3.78. The number of hydrogen-bond donors (Lipinski definition) is 6. The van der Waals surface area contributed by atoms with Gasteiger partial charge in [0.1, 0.15) is 17.8 Å². The highest BCUT2D eigenvalue weighted by Crippen LogP contribution is 2.30. The summed E-state index contributed by atoms with van der Waals surface area (Å²) in [4.78, 5) is 60.9. The summed E-state index contributed by atoms with van der Waals surface area (Å²) in [5.74, 6) is 0.0118. The molecule has 0 bridgehead atoms. The Balaban J connectivity index is 0.863. The first-order chi connectivity index (χ1) is 30.2. The van der Waals surface area contributed by atoms with Gasteiger partial charge >= 0.3 is 0 Å². The van der Waals surface area contributed by atoms with Crippen LogP contribution in [0.1, 0.15) is 53.8 Å². The molecule has 62 heavy (non-hydrogen) atoms. The number of nitrogens with one attached hydrogen (secondary N) is 5. The van der Waals surface area contributed by atoms with Crippen molar-refractivity contribution >= 4 is 51.9 Å². The van der Waals surface area contributed by atoms with E-state index in [-0.39, 0.29) is 43.2 Å².